The van der Waals surface area contributed by atoms with E-state index in [1.54, 1.807) is 7.05 Å². The molecule has 0 heterocycles. The molecule has 0 aromatic heterocycles. The van der Waals surface area contributed by atoms with Crippen molar-refractivity contribution in [3.63, 3.8) is 0 Å². The summed E-state index contributed by atoms with van der Waals surface area (Å²) in [5.41, 5.74) is 0.802. The molecule has 1 amide bonds. The zero-order valence-corrected chi connectivity index (χ0v) is 14.0. The van der Waals surface area contributed by atoms with E-state index in [-0.39, 0.29) is 12.5 Å². The summed E-state index contributed by atoms with van der Waals surface area (Å²) in [6.45, 7) is 0.202. The summed E-state index contributed by atoms with van der Waals surface area (Å²) in [5.74, 6) is 0.609. The molecule has 1 saturated carbocycles. The van der Waals surface area contributed by atoms with E-state index < -0.39 is 0 Å². The smallest absolute Gasteiger partial charge is 0.243 e. The van der Waals surface area contributed by atoms with Crippen LogP contribution >= 0.6 is 11.8 Å². The van der Waals surface area contributed by atoms with E-state index in [4.69, 9.17) is 0 Å². The first-order chi connectivity index (χ1) is 10.7. The molecule has 1 aromatic carbocycles. The van der Waals surface area contributed by atoms with Crippen LogP contribution in [0.3, 0.4) is 0 Å². The number of guanidine groups is 1. The number of nitrogens with zero attached hydrogens (tertiary/aromatic N) is 1. The van der Waals surface area contributed by atoms with Crippen molar-refractivity contribution in [1.29, 1.82) is 0 Å². The summed E-state index contributed by atoms with van der Waals surface area (Å²) in [4.78, 5) is 16.1. The molecule has 3 N–H and O–H groups in total. The first-order valence-electron chi connectivity index (χ1n) is 7.56. The Morgan fingerprint density at radius 1 is 1.32 bits per heavy atom. The molecule has 6 heteroatoms. The van der Waals surface area contributed by atoms with E-state index in [1.165, 1.54) is 6.42 Å². The van der Waals surface area contributed by atoms with Crippen LogP contribution in [0, 0.1) is 0 Å². The van der Waals surface area contributed by atoms with Crippen LogP contribution in [0.2, 0.25) is 0 Å². The van der Waals surface area contributed by atoms with E-state index in [1.807, 2.05) is 42.1 Å². The number of anilines is 1. The van der Waals surface area contributed by atoms with Crippen LogP contribution in [0.4, 0.5) is 5.69 Å². The highest BCUT2D eigenvalue weighted by Gasteiger charge is 2.24. The Labute approximate surface area is 136 Å². The van der Waals surface area contributed by atoms with E-state index in [0.29, 0.717) is 12.0 Å². The summed E-state index contributed by atoms with van der Waals surface area (Å²) in [5, 5.41) is 10.0. The third kappa shape index (κ3) is 5.26. The van der Waals surface area contributed by atoms with Crippen molar-refractivity contribution in [2.24, 2.45) is 4.99 Å². The summed E-state index contributed by atoms with van der Waals surface area (Å²) in [7, 11) is 1.73. The Bertz CT molecular complexity index is 506. The Kier molecular flexibility index (Phi) is 6.58. The maximum absolute atomic E-state index is 11.9. The maximum atomic E-state index is 11.9. The van der Waals surface area contributed by atoms with Gasteiger partial charge in [-0.25, -0.2) is 0 Å². The fraction of sp³-hybridized carbons (Fsp3) is 0.500. The lowest BCUT2D eigenvalue weighted by Crippen LogP contribution is -2.45. The highest BCUT2D eigenvalue weighted by molar-refractivity contribution is 7.99. The third-order valence-electron chi connectivity index (χ3n) is 3.76. The predicted octanol–water partition coefficient (Wildman–Crippen LogP) is 2.07. The molecule has 2 atom stereocenters. The number of hydrogen-bond donors (Lipinski definition) is 3. The molecule has 2 unspecified atom stereocenters. The number of carbonyl (C=O) groups is 1. The van der Waals surface area contributed by atoms with E-state index in [0.717, 1.165) is 23.8 Å². The zero-order chi connectivity index (χ0) is 15.8. The van der Waals surface area contributed by atoms with E-state index >= 15 is 0 Å². The third-order valence-corrected chi connectivity index (χ3v) is 4.85. The van der Waals surface area contributed by atoms with Gasteiger partial charge in [0, 0.05) is 24.0 Å². The van der Waals surface area contributed by atoms with Crippen molar-refractivity contribution in [2.45, 2.75) is 30.6 Å². The Hall–Kier alpha value is -1.69. The SMILES string of the molecule is CN=C(NCC(=O)Nc1ccccc1)NC1CCC(SC)C1. The van der Waals surface area contributed by atoms with Gasteiger partial charge >= 0.3 is 0 Å². The average Bonchev–Trinajstić information content (AvgIpc) is 3.00. The normalized spacial score (nSPS) is 21.5. The second kappa shape index (κ2) is 8.68. The molecule has 1 fully saturated rings. The highest BCUT2D eigenvalue weighted by Crippen LogP contribution is 2.27. The lowest BCUT2D eigenvalue weighted by molar-refractivity contribution is -0.115. The summed E-state index contributed by atoms with van der Waals surface area (Å²) in [6.07, 6.45) is 5.71. The second-order valence-electron chi connectivity index (χ2n) is 5.35. The molecule has 0 aliphatic heterocycles. The van der Waals surface area contributed by atoms with Gasteiger partial charge in [0.25, 0.3) is 0 Å². The molecule has 1 aliphatic rings. The molecule has 22 heavy (non-hydrogen) atoms. The van der Waals surface area contributed by atoms with Gasteiger partial charge in [0.2, 0.25) is 5.91 Å². The molecule has 0 radical (unpaired) electrons. The van der Waals surface area contributed by atoms with Crippen LogP contribution in [0.25, 0.3) is 0 Å². The van der Waals surface area contributed by atoms with Crippen molar-refractivity contribution in [2.75, 3.05) is 25.2 Å². The monoisotopic (exact) mass is 320 g/mol. The molecule has 2 rings (SSSR count). The predicted molar refractivity (Wildman–Crippen MR) is 94.5 cm³/mol. The first kappa shape index (κ1) is 16.7. The van der Waals surface area contributed by atoms with Crippen LogP contribution in [0.15, 0.2) is 35.3 Å². The molecule has 1 aromatic rings. The van der Waals surface area contributed by atoms with Gasteiger partial charge in [-0.2, -0.15) is 11.8 Å². The number of amides is 1. The van der Waals surface area contributed by atoms with Gasteiger partial charge in [-0.1, -0.05) is 18.2 Å². The van der Waals surface area contributed by atoms with Gasteiger partial charge in [0.1, 0.15) is 0 Å². The molecule has 120 valence electrons. The first-order valence-corrected chi connectivity index (χ1v) is 8.85. The number of hydrogen-bond acceptors (Lipinski definition) is 3. The maximum Gasteiger partial charge on any atom is 0.243 e. The minimum absolute atomic E-state index is 0.0810. The van der Waals surface area contributed by atoms with Crippen LogP contribution in [0.5, 0.6) is 0 Å². The summed E-state index contributed by atoms with van der Waals surface area (Å²) in [6, 6.07) is 9.89. The molecule has 5 nitrogen and oxygen atoms in total. The lowest BCUT2D eigenvalue weighted by Gasteiger charge is -2.17. The quantitative estimate of drug-likeness (QED) is 0.574. The topological polar surface area (TPSA) is 65.5 Å². The number of benzene rings is 1. The summed E-state index contributed by atoms with van der Waals surface area (Å²) >= 11 is 1.93. The fourth-order valence-corrected chi connectivity index (χ4v) is 3.36. The minimum Gasteiger partial charge on any atom is -0.354 e. The fourth-order valence-electron chi connectivity index (χ4n) is 2.56. The Morgan fingerprint density at radius 2 is 2.09 bits per heavy atom. The molecule has 0 spiro atoms. The van der Waals surface area contributed by atoms with Crippen LogP contribution < -0.4 is 16.0 Å². The van der Waals surface area contributed by atoms with Gasteiger partial charge in [-0.3, -0.25) is 9.79 Å². The van der Waals surface area contributed by atoms with Crippen LogP contribution in [-0.4, -0.2) is 43.0 Å². The van der Waals surface area contributed by atoms with Crippen molar-refractivity contribution in [3.8, 4) is 0 Å². The van der Waals surface area contributed by atoms with Crippen LogP contribution in [-0.2, 0) is 4.79 Å². The van der Waals surface area contributed by atoms with Gasteiger partial charge < -0.3 is 16.0 Å². The number of nitrogens with one attached hydrogen (secondary N) is 3. The van der Waals surface area contributed by atoms with Crippen molar-refractivity contribution in [1.82, 2.24) is 10.6 Å². The average molecular weight is 320 g/mol. The van der Waals surface area contributed by atoms with Gasteiger partial charge in [0.05, 0.1) is 6.54 Å². The zero-order valence-electron chi connectivity index (χ0n) is 13.1. The van der Waals surface area contributed by atoms with Gasteiger partial charge in [-0.05, 0) is 37.7 Å². The number of rotatable bonds is 5. The number of carbonyl (C=O) groups excluding carboxylic acids is 1. The standard InChI is InChI=1S/C16H24N4OS/c1-17-16(20-13-8-9-14(10-13)22-2)18-11-15(21)19-12-6-4-3-5-7-12/h3-7,13-14H,8-11H2,1-2H3,(H,19,21)(H2,17,18,20). The van der Waals surface area contributed by atoms with E-state index in [2.05, 4.69) is 27.2 Å². The number of aliphatic imine (C=N–C) groups is 1. The lowest BCUT2D eigenvalue weighted by atomic mass is 10.2. The summed E-state index contributed by atoms with van der Waals surface area (Å²) < 4.78 is 0. The van der Waals surface area contributed by atoms with E-state index in [9.17, 15) is 4.79 Å². The number of para-hydroxylation sites is 1. The molecule has 1 aliphatic carbocycles. The molecule has 0 bridgehead atoms. The van der Waals surface area contributed by atoms with Crippen molar-refractivity contribution < 1.29 is 4.79 Å². The van der Waals surface area contributed by atoms with Gasteiger partial charge in [-0.15, -0.1) is 0 Å². The number of thioether (sulfide) groups is 1. The highest BCUT2D eigenvalue weighted by atomic mass is 32.2. The second-order valence-corrected chi connectivity index (χ2v) is 6.49. The molecular formula is C16H24N4OS. The van der Waals surface area contributed by atoms with Crippen LogP contribution in [0.1, 0.15) is 19.3 Å². The largest absolute Gasteiger partial charge is 0.354 e. The Balaban J connectivity index is 1.73. The Morgan fingerprint density at radius 3 is 2.73 bits per heavy atom. The van der Waals surface area contributed by atoms with Gasteiger partial charge in [0.15, 0.2) is 5.96 Å². The van der Waals surface area contributed by atoms with Crippen molar-refractivity contribution >= 4 is 29.3 Å². The minimum atomic E-state index is -0.0810. The van der Waals surface area contributed by atoms with Crippen molar-refractivity contribution in [3.05, 3.63) is 30.3 Å². The molecule has 0 saturated heterocycles. The molecular weight excluding hydrogens is 296 g/mol.